The van der Waals surface area contributed by atoms with Crippen LogP contribution in [0.4, 0.5) is 18.0 Å². The molecule has 2 atom stereocenters. The van der Waals surface area contributed by atoms with Crippen molar-refractivity contribution < 1.29 is 27.5 Å². The van der Waals surface area contributed by atoms with Crippen LogP contribution in [0.15, 0.2) is 18.2 Å². The molecule has 2 saturated heterocycles. The van der Waals surface area contributed by atoms with Crippen LogP contribution in [0.2, 0.25) is 0 Å². The lowest BCUT2D eigenvalue weighted by molar-refractivity contribution is -0.137. The fourth-order valence-electron chi connectivity index (χ4n) is 5.69. The maximum Gasteiger partial charge on any atom is 0.416 e. The number of piperidine rings is 1. The molecular formula is C26H36F3N3O3. The van der Waals surface area contributed by atoms with E-state index < -0.39 is 17.3 Å². The molecule has 1 amide bonds. The van der Waals surface area contributed by atoms with Crippen molar-refractivity contribution in [2.24, 2.45) is 0 Å². The second-order valence-corrected chi connectivity index (χ2v) is 11.4. The van der Waals surface area contributed by atoms with E-state index in [1.165, 1.54) is 6.07 Å². The van der Waals surface area contributed by atoms with Crippen molar-refractivity contribution in [2.45, 2.75) is 83.3 Å². The number of amides is 1. The number of Topliss-reactive ketones (excluding diaryl/α,β-unsaturated/α-hetero) is 1. The monoisotopic (exact) mass is 495 g/mol. The minimum absolute atomic E-state index is 0.0378. The Balaban J connectivity index is 1.39. The van der Waals surface area contributed by atoms with Crippen LogP contribution in [0.1, 0.15) is 81.4 Å². The molecule has 3 aliphatic rings. The van der Waals surface area contributed by atoms with Gasteiger partial charge >= 0.3 is 12.3 Å². The molecule has 35 heavy (non-hydrogen) atoms. The van der Waals surface area contributed by atoms with Crippen LogP contribution in [0, 0.1) is 0 Å². The van der Waals surface area contributed by atoms with Crippen molar-refractivity contribution in [1.82, 2.24) is 14.7 Å². The van der Waals surface area contributed by atoms with Gasteiger partial charge in [-0.3, -0.25) is 14.6 Å². The number of hydrogen-bond acceptors (Lipinski definition) is 5. The molecule has 6 nitrogen and oxygen atoms in total. The minimum Gasteiger partial charge on any atom is -0.444 e. The van der Waals surface area contributed by atoms with E-state index in [2.05, 4.69) is 23.6 Å². The first-order chi connectivity index (χ1) is 16.2. The Kier molecular flexibility index (Phi) is 6.72. The van der Waals surface area contributed by atoms with Crippen LogP contribution in [-0.2, 0) is 10.9 Å². The number of likely N-dealkylation sites (tertiary alicyclic amines) is 1. The summed E-state index contributed by atoms with van der Waals surface area (Å²) in [5.41, 5.74) is -0.406. The molecule has 0 saturated carbocycles. The first kappa shape index (κ1) is 25.9. The molecule has 1 aliphatic carbocycles. The Bertz CT molecular complexity index is 980. The zero-order chi connectivity index (χ0) is 25.8. The number of benzene rings is 1. The third-order valence-corrected chi connectivity index (χ3v) is 7.75. The second-order valence-electron chi connectivity index (χ2n) is 11.4. The highest BCUT2D eigenvalue weighted by Crippen LogP contribution is 2.41. The van der Waals surface area contributed by atoms with E-state index in [0.717, 1.165) is 44.6 Å². The van der Waals surface area contributed by atoms with Crippen molar-refractivity contribution >= 4 is 11.9 Å². The smallest absolute Gasteiger partial charge is 0.416 e. The van der Waals surface area contributed by atoms with Gasteiger partial charge in [-0.2, -0.15) is 13.2 Å². The highest BCUT2D eigenvalue weighted by molar-refractivity contribution is 6.01. The molecule has 2 aliphatic heterocycles. The van der Waals surface area contributed by atoms with Crippen LogP contribution < -0.4 is 0 Å². The lowest BCUT2D eigenvalue weighted by Crippen LogP contribution is -2.62. The van der Waals surface area contributed by atoms with Gasteiger partial charge in [0.2, 0.25) is 0 Å². The van der Waals surface area contributed by atoms with E-state index in [-0.39, 0.29) is 41.5 Å². The van der Waals surface area contributed by atoms with Crippen molar-refractivity contribution in [3.8, 4) is 0 Å². The normalized spacial score (nSPS) is 26.1. The molecule has 0 spiro atoms. The number of carbonyl (C=O) groups is 2. The Labute approximate surface area is 205 Å². The number of fused-ring (bicyclic) bond motifs is 1. The first-order valence-electron chi connectivity index (χ1n) is 12.4. The summed E-state index contributed by atoms with van der Waals surface area (Å²) in [7, 11) is 0. The average molecular weight is 496 g/mol. The quantitative estimate of drug-likeness (QED) is 0.570. The summed E-state index contributed by atoms with van der Waals surface area (Å²) in [4.78, 5) is 31.6. The minimum atomic E-state index is -4.46. The molecular weight excluding hydrogens is 459 g/mol. The van der Waals surface area contributed by atoms with Gasteiger partial charge in [-0.25, -0.2) is 4.79 Å². The van der Waals surface area contributed by atoms with Crippen LogP contribution >= 0.6 is 0 Å². The molecule has 0 radical (unpaired) electrons. The van der Waals surface area contributed by atoms with E-state index in [1.54, 1.807) is 4.90 Å². The van der Waals surface area contributed by atoms with Gasteiger partial charge in [0, 0.05) is 62.3 Å². The lowest BCUT2D eigenvalue weighted by Gasteiger charge is -2.52. The third-order valence-electron chi connectivity index (χ3n) is 7.75. The van der Waals surface area contributed by atoms with Gasteiger partial charge in [0.1, 0.15) is 5.60 Å². The van der Waals surface area contributed by atoms with E-state index in [9.17, 15) is 22.8 Å². The number of ketones is 1. The number of ether oxygens (including phenoxy) is 1. The molecule has 4 rings (SSSR count). The van der Waals surface area contributed by atoms with Gasteiger partial charge in [0.05, 0.1) is 5.56 Å². The summed E-state index contributed by atoms with van der Waals surface area (Å²) < 4.78 is 44.9. The Morgan fingerprint density at radius 2 is 1.74 bits per heavy atom. The third kappa shape index (κ3) is 5.35. The molecule has 0 aromatic heterocycles. The number of rotatable bonds is 2. The summed E-state index contributed by atoms with van der Waals surface area (Å²) in [5.74, 6) is -0.216. The molecule has 2 fully saturated rings. The number of piperazine rings is 1. The molecule has 0 N–H and O–H groups in total. The molecule has 2 heterocycles. The van der Waals surface area contributed by atoms with Gasteiger partial charge in [-0.15, -0.1) is 0 Å². The molecule has 9 heteroatoms. The lowest BCUT2D eigenvalue weighted by atomic mass is 9.86. The van der Waals surface area contributed by atoms with Crippen LogP contribution in [0.3, 0.4) is 0 Å². The molecule has 194 valence electrons. The number of carbonyl (C=O) groups excluding carboxylic acids is 2. The standard InChI is InChI=1S/C26H36F3N3O3/c1-17-16-31(25(5)8-10-30(11-9-25)23(34)35-24(2,3)4)12-13-32(17)21-15-22(33)20-14-18(26(27,28)29)6-7-19(20)21/h6-7,14,17,21H,8-13,15-16H2,1-5H3/t17-,21?/m0/s1. The fourth-order valence-corrected chi connectivity index (χ4v) is 5.69. The van der Waals surface area contributed by atoms with Gasteiger partial charge in [0.15, 0.2) is 5.78 Å². The summed E-state index contributed by atoms with van der Waals surface area (Å²) in [5, 5.41) is 0. The number of hydrogen-bond donors (Lipinski definition) is 0. The van der Waals surface area contributed by atoms with Gasteiger partial charge < -0.3 is 9.64 Å². The maximum atomic E-state index is 13.1. The van der Waals surface area contributed by atoms with E-state index in [4.69, 9.17) is 4.74 Å². The van der Waals surface area contributed by atoms with Crippen LogP contribution in [0.25, 0.3) is 0 Å². The molecule has 1 unspecified atom stereocenters. The number of alkyl halides is 3. The maximum absolute atomic E-state index is 13.1. The largest absolute Gasteiger partial charge is 0.444 e. The molecule has 1 aromatic rings. The molecule has 1 aromatic carbocycles. The van der Waals surface area contributed by atoms with E-state index >= 15 is 0 Å². The second kappa shape index (κ2) is 9.07. The SMILES string of the molecule is C[C@H]1CN(C2(C)CCN(C(=O)OC(C)(C)C)CC2)CCN1C1CC(=O)c2cc(C(F)(F)F)ccc21. The Hall–Kier alpha value is -2.13. The van der Waals surface area contributed by atoms with Crippen LogP contribution in [-0.4, -0.2) is 76.5 Å². The topological polar surface area (TPSA) is 53.1 Å². The highest BCUT2D eigenvalue weighted by atomic mass is 19.4. The number of halogens is 3. The summed E-state index contributed by atoms with van der Waals surface area (Å²) in [6.45, 7) is 13.6. The fraction of sp³-hybridized carbons (Fsp3) is 0.692. The zero-order valence-electron chi connectivity index (χ0n) is 21.2. The summed E-state index contributed by atoms with van der Waals surface area (Å²) in [6.07, 6.45) is -2.80. The Morgan fingerprint density at radius 1 is 1.09 bits per heavy atom. The molecule has 0 bridgehead atoms. The zero-order valence-corrected chi connectivity index (χ0v) is 21.2. The van der Waals surface area contributed by atoms with E-state index in [1.807, 2.05) is 20.8 Å². The first-order valence-corrected chi connectivity index (χ1v) is 12.4. The number of nitrogens with zero attached hydrogens (tertiary/aromatic N) is 3. The van der Waals surface area contributed by atoms with Crippen molar-refractivity contribution in [2.75, 3.05) is 32.7 Å². The summed E-state index contributed by atoms with van der Waals surface area (Å²) >= 11 is 0. The van der Waals surface area contributed by atoms with Crippen LogP contribution in [0.5, 0.6) is 0 Å². The highest BCUT2D eigenvalue weighted by Gasteiger charge is 2.44. The van der Waals surface area contributed by atoms with E-state index in [0.29, 0.717) is 18.7 Å². The van der Waals surface area contributed by atoms with Gasteiger partial charge in [-0.05, 0) is 65.2 Å². The van der Waals surface area contributed by atoms with Crippen molar-refractivity contribution in [3.05, 3.63) is 34.9 Å². The van der Waals surface area contributed by atoms with Gasteiger partial charge in [-0.1, -0.05) is 6.07 Å². The Morgan fingerprint density at radius 3 is 2.31 bits per heavy atom. The van der Waals surface area contributed by atoms with Crippen molar-refractivity contribution in [1.29, 1.82) is 0 Å². The predicted octanol–water partition coefficient (Wildman–Crippen LogP) is 5.13. The average Bonchev–Trinajstić information content (AvgIpc) is 3.08. The summed E-state index contributed by atoms with van der Waals surface area (Å²) in [6, 6.07) is 3.55. The van der Waals surface area contributed by atoms with Gasteiger partial charge in [0.25, 0.3) is 0 Å². The van der Waals surface area contributed by atoms with Crippen molar-refractivity contribution in [3.63, 3.8) is 0 Å². The predicted molar refractivity (Wildman–Crippen MR) is 126 cm³/mol.